The van der Waals surface area contributed by atoms with Crippen LogP contribution in [-0.4, -0.2) is 9.55 Å². The zero-order chi connectivity index (χ0) is 13.6. The van der Waals surface area contributed by atoms with Gasteiger partial charge >= 0.3 is 0 Å². The Hall–Kier alpha value is -1.22. The van der Waals surface area contributed by atoms with E-state index in [0.29, 0.717) is 12.0 Å². The van der Waals surface area contributed by atoms with Crippen molar-refractivity contribution in [2.24, 2.45) is 5.41 Å². The summed E-state index contributed by atoms with van der Waals surface area (Å²) in [5.41, 5.74) is 8.29. The second-order valence-electron chi connectivity index (χ2n) is 6.20. The van der Waals surface area contributed by atoms with E-state index in [1.807, 2.05) is 18.2 Å². The van der Waals surface area contributed by atoms with Gasteiger partial charge < -0.3 is 10.3 Å². The largest absolute Gasteiger partial charge is 0.369 e. The topological polar surface area (TPSA) is 43.8 Å². The fraction of sp³-hybridized carbons (Fsp3) is 0.533. The van der Waals surface area contributed by atoms with E-state index >= 15 is 0 Å². The molecule has 0 spiro atoms. The zero-order valence-corrected chi connectivity index (χ0v) is 12.2. The second kappa shape index (κ2) is 4.41. The highest BCUT2D eigenvalue weighted by Crippen LogP contribution is 2.46. The molecule has 1 aromatic carbocycles. The molecule has 0 saturated heterocycles. The van der Waals surface area contributed by atoms with Crippen LogP contribution in [0.5, 0.6) is 0 Å². The van der Waals surface area contributed by atoms with Crippen molar-refractivity contribution < 1.29 is 0 Å². The van der Waals surface area contributed by atoms with Crippen molar-refractivity contribution in [2.75, 3.05) is 5.73 Å². The average Bonchev–Trinajstić information content (AvgIpc) is 2.66. The van der Waals surface area contributed by atoms with Crippen LogP contribution < -0.4 is 5.73 Å². The summed E-state index contributed by atoms with van der Waals surface area (Å²) >= 11 is 6.37. The van der Waals surface area contributed by atoms with Crippen LogP contribution in [0.25, 0.3) is 11.0 Å². The summed E-state index contributed by atoms with van der Waals surface area (Å²) in [6, 6.07) is 6.19. The summed E-state index contributed by atoms with van der Waals surface area (Å²) < 4.78 is 2.16. The normalized spacial score (nSPS) is 22.8. The highest BCUT2D eigenvalue weighted by molar-refractivity contribution is 6.35. The molecule has 3 rings (SSSR count). The molecule has 102 valence electrons. The van der Waals surface area contributed by atoms with Gasteiger partial charge in [0.1, 0.15) is 0 Å². The molecule has 4 heteroatoms. The summed E-state index contributed by atoms with van der Waals surface area (Å²) in [5, 5.41) is 0.739. The van der Waals surface area contributed by atoms with E-state index in [0.717, 1.165) is 22.5 Å². The first-order valence-corrected chi connectivity index (χ1v) is 7.30. The molecule has 1 fully saturated rings. The van der Waals surface area contributed by atoms with Gasteiger partial charge in [0.25, 0.3) is 0 Å². The predicted octanol–water partition coefficient (Wildman–Crippen LogP) is 4.41. The molecule has 1 aromatic heterocycles. The maximum atomic E-state index is 6.37. The Labute approximate surface area is 118 Å². The van der Waals surface area contributed by atoms with Gasteiger partial charge in [-0.1, -0.05) is 44.4 Å². The van der Waals surface area contributed by atoms with Crippen molar-refractivity contribution in [2.45, 2.75) is 45.6 Å². The molecule has 1 unspecified atom stereocenters. The summed E-state index contributed by atoms with van der Waals surface area (Å²) in [6.07, 6.45) is 4.91. The van der Waals surface area contributed by atoms with Gasteiger partial charge in [-0.3, -0.25) is 0 Å². The highest BCUT2D eigenvalue weighted by atomic mass is 35.5. The maximum Gasteiger partial charge on any atom is 0.201 e. The molecule has 0 amide bonds. The van der Waals surface area contributed by atoms with E-state index in [-0.39, 0.29) is 5.41 Å². The van der Waals surface area contributed by atoms with E-state index in [4.69, 9.17) is 17.3 Å². The summed E-state index contributed by atoms with van der Waals surface area (Å²) in [7, 11) is 0. The number of anilines is 1. The molecule has 0 aliphatic heterocycles. The van der Waals surface area contributed by atoms with E-state index < -0.39 is 0 Å². The van der Waals surface area contributed by atoms with Crippen LogP contribution in [0.3, 0.4) is 0 Å². The van der Waals surface area contributed by atoms with Gasteiger partial charge in [-0.05, 0) is 30.4 Å². The third-order valence-electron chi connectivity index (χ3n) is 4.45. The second-order valence-corrected chi connectivity index (χ2v) is 6.60. The van der Waals surface area contributed by atoms with Crippen LogP contribution in [-0.2, 0) is 0 Å². The molecule has 1 atom stereocenters. The van der Waals surface area contributed by atoms with Crippen molar-refractivity contribution in [3.63, 3.8) is 0 Å². The lowest BCUT2D eigenvalue weighted by Gasteiger charge is -2.40. The van der Waals surface area contributed by atoms with Gasteiger partial charge in [-0.25, -0.2) is 4.98 Å². The molecule has 1 saturated carbocycles. The lowest BCUT2D eigenvalue weighted by atomic mass is 9.73. The van der Waals surface area contributed by atoms with Crippen molar-refractivity contribution in [3.8, 4) is 0 Å². The number of benzene rings is 1. The van der Waals surface area contributed by atoms with Gasteiger partial charge in [0.05, 0.1) is 16.1 Å². The number of halogens is 1. The van der Waals surface area contributed by atoms with Crippen molar-refractivity contribution in [1.82, 2.24) is 9.55 Å². The predicted molar refractivity (Wildman–Crippen MR) is 80.4 cm³/mol. The first kappa shape index (κ1) is 12.8. The third-order valence-corrected chi connectivity index (χ3v) is 4.76. The molecule has 2 aromatic rings. The fourth-order valence-corrected chi connectivity index (χ4v) is 3.65. The minimum atomic E-state index is 0.235. The Morgan fingerprint density at radius 1 is 1.37 bits per heavy atom. The maximum absolute atomic E-state index is 6.37. The number of imidazole rings is 1. The van der Waals surface area contributed by atoms with E-state index in [9.17, 15) is 0 Å². The van der Waals surface area contributed by atoms with Crippen LogP contribution in [0.15, 0.2) is 18.2 Å². The summed E-state index contributed by atoms with van der Waals surface area (Å²) in [5.74, 6) is 0.586. The Kier molecular flexibility index (Phi) is 2.97. The van der Waals surface area contributed by atoms with Crippen LogP contribution in [0.2, 0.25) is 5.02 Å². The standard InChI is InChI=1S/C15H20ClN3/c1-15(2)9-4-3-8-12(15)19-13-10(16)6-5-7-11(13)18-14(19)17/h5-7,12H,3-4,8-9H2,1-2H3,(H2,17,18). The number of fused-ring (bicyclic) bond motifs is 1. The number of hydrogen-bond acceptors (Lipinski definition) is 2. The van der Waals surface area contributed by atoms with Gasteiger partial charge in [0.15, 0.2) is 0 Å². The average molecular weight is 278 g/mol. The van der Waals surface area contributed by atoms with Gasteiger partial charge in [0.2, 0.25) is 5.95 Å². The molecule has 19 heavy (non-hydrogen) atoms. The minimum Gasteiger partial charge on any atom is -0.369 e. The number of nitrogens with two attached hydrogens (primary N) is 1. The number of para-hydroxylation sites is 1. The fourth-order valence-electron chi connectivity index (χ4n) is 3.39. The van der Waals surface area contributed by atoms with Crippen molar-refractivity contribution >= 4 is 28.6 Å². The van der Waals surface area contributed by atoms with Crippen molar-refractivity contribution in [3.05, 3.63) is 23.2 Å². The number of rotatable bonds is 1. The Bertz CT molecular complexity index is 615. The van der Waals surface area contributed by atoms with Crippen LogP contribution in [0.1, 0.15) is 45.6 Å². The van der Waals surface area contributed by atoms with Crippen LogP contribution in [0, 0.1) is 5.41 Å². The number of nitrogen functional groups attached to an aromatic ring is 1. The van der Waals surface area contributed by atoms with Gasteiger partial charge in [0, 0.05) is 6.04 Å². The Morgan fingerprint density at radius 3 is 2.89 bits per heavy atom. The SMILES string of the molecule is CC1(C)CCCCC1n1c(N)nc2cccc(Cl)c21. The number of hydrogen-bond donors (Lipinski definition) is 1. The summed E-state index contributed by atoms with van der Waals surface area (Å²) in [4.78, 5) is 4.47. The highest BCUT2D eigenvalue weighted by Gasteiger charge is 2.35. The third kappa shape index (κ3) is 2.00. The molecule has 1 aliphatic rings. The molecule has 1 aliphatic carbocycles. The quantitative estimate of drug-likeness (QED) is 0.839. The molecule has 0 radical (unpaired) electrons. The Balaban J connectivity index is 2.21. The van der Waals surface area contributed by atoms with Crippen LogP contribution >= 0.6 is 11.6 Å². The molecule has 0 bridgehead atoms. The van der Waals surface area contributed by atoms with Crippen LogP contribution in [0.4, 0.5) is 5.95 Å². The van der Waals surface area contributed by atoms with E-state index in [1.165, 1.54) is 19.3 Å². The van der Waals surface area contributed by atoms with E-state index in [1.54, 1.807) is 0 Å². The first-order chi connectivity index (χ1) is 9.00. The Morgan fingerprint density at radius 2 is 2.16 bits per heavy atom. The van der Waals surface area contributed by atoms with Gasteiger partial charge in [-0.15, -0.1) is 0 Å². The molecule has 1 heterocycles. The number of aromatic nitrogens is 2. The monoisotopic (exact) mass is 277 g/mol. The number of nitrogens with zero attached hydrogens (tertiary/aromatic N) is 2. The molecular weight excluding hydrogens is 258 g/mol. The first-order valence-electron chi connectivity index (χ1n) is 6.92. The van der Waals surface area contributed by atoms with Crippen molar-refractivity contribution in [1.29, 1.82) is 0 Å². The summed E-state index contributed by atoms with van der Waals surface area (Å²) in [6.45, 7) is 4.64. The van der Waals surface area contributed by atoms with E-state index in [2.05, 4.69) is 23.4 Å². The van der Waals surface area contributed by atoms with Gasteiger partial charge in [-0.2, -0.15) is 0 Å². The molecule has 2 N–H and O–H groups in total. The lowest BCUT2D eigenvalue weighted by molar-refractivity contribution is 0.149. The zero-order valence-electron chi connectivity index (χ0n) is 11.5. The minimum absolute atomic E-state index is 0.235. The lowest BCUT2D eigenvalue weighted by Crippen LogP contribution is -2.31. The smallest absolute Gasteiger partial charge is 0.201 e. The molecular formula is C15H20ClN3. The molecule has 3 nitrogen and oxygen atoms in total.